The molecule has 1 aliphatic heterocycles. The van der Waals surface area contributed by atoms with Gasteiger partial charge in [-0.15, -0.1) is 0 Å². The van der Waals surface area contributed by atoms with Crippen LogP contribution in [0.4, 0.5) is 0 Å². The summed E-state index contributed by atoms with van der Waals surface area (Å²) in [5.74, 6) is 0.861. The number of piperidine rings is 1. The van der Waals surface area contributed by atoms with E-state index in [0.29, 0.717) is 0 Å². The molecule has 1 aliphatic rings. The SMILES string of the molecule is CC1CCC(C)N(CCNCc2ccoc2)C1. The molecule has 2 unspecified atom stereocenters. The van der Waals surface area contributed by atoms with E-state index in [1.807, 2.05) is 6.07 Å². The minimum Gasteiger partial charge on any atom is -0.472 e. The van der Waals surface area contributed by atoms with Gasteiger partial charge in [-0.25, -0.2) is 0 Å². The van der Waals surface area contributed by atoms with Crippen molar-refractivity contribution in [2.45, 2.75) is 39.3 Å². The Bertz CT molecular complexity index is 310. The Morgan fingerprint density at radius 1 is 1.41 bits per heavy atom. The Kier molecular flexibility index (Phi) is 4.63. The molecule has 0 bridgehead atoms. The fourth-order valence-corrected chi connectivity index (χ4v) is 2.54. The van der Waals surface area contributed by atoms with Crippen LogP contribution in [0.25, 0.3) is 0 Å². The second-order valence-corrected chi connectivity index (χ2v) is 5.33. The molecule has 96 valence electrons. The van der Waals surface area contributed by atoms with Crippen molar-refractivity contribution < 1.29 is 4.42 Å². The lowest BCUT2D eigenvalue weighted by Gasteiger charge is -2.36. The van der Waals surface area contributed by atoms with Crippen LogP contribution in [0.5, 0.6) is 0 Å². The van der Waals surface area contributed by atoms with Gasteiger partial charge in [-0.05, 0) is 31.7 Å². The number of nitrogens with one attached hydrogen (secondary N) is 1. The van der Waals surface area contributed by atoms with Gasteiger partial charge in [-0.2, -0.15) is 0 Å². The molecule has 1 fully saturated rings. The van der Waals surface area contributed by atoms with E-state index in [9.17, 15) is 0 Å². The second-order valence-electron chi connectivity index (χ2n) is 5.33. The standard InChI is InChI=1S/C14H24N2O/c1-12-3-4-13(2)16(10-12)7-6-15-9-14-5-8-17-11-14/h5,8,11-13,15H,3-4,6-7,9-10H2,1-2H3. The van der Waals surface area contributed by atoms with Crippen LogP contribution in [0.2, 0.25) is 0 Å². The van der Waals surface area contributed by atoms with Crippen molar-refractivity contribution in [2.75, 3.05) is 19.6 Å². The predicted molar refractivity (Wildman–Crippen MR) is 69.8 cm³/mol. The van der Waals surface area contributed by atoms with Crippen molar-refractivity contribution in [3.63, 3.8) is 0 Å². The molecule has 17 heavy (non-hydrogen) atoms. The van der Waals surface area contributed by atoms with Crippen molar-refractivity contribution in [3.05, 3.63) is 24.2 Å². The van der Waals surface area contributed by atoms with E-state index in [0.717, 1.165) is 31.6 Å². The fourth-order valence-electron chi connectivity index (χ4n) is 2.54. The van der Waals surface area contributed by atoms with Gasteiger partial charge in [0, 0.05) is 37.8 Å². The van der Waals surface area contributed by atoms with Crippen LogP contribution in [-0.4, -0.2) is 30.6 Å². The highest BCUT2D eigenvalue weighted by Crippen LogP contribution is 2.20. The van der Waals surface area contributed by atoms with Gasteiger partial charge in [-0.3, -0.25) is 4.90 Å². The molecule has 0 amide bonds. The van der Waals surface area contributed by atoms with Crippen LogP contribution >= 0.6 is 0 Å². The van der Waals surface area contributed by atoms with Gasteiger partial charge in [0.15, 0.2) is 0 Å². The van der Waals surface area contributed by atoms with Crippen LogP contribution in [0.15, 0.2) is 23.0 Å². The third kappa shape index (κ3) is 3.86. The average molecular weight is 236 g/mol. The molecule has 0 aromatic carbocycles. The summed E-state index contributed by atoms with van der Waals surface area (Å²) in [5.41, 5.74) is 1.23. The number of nitrogens with zero attached hydrogens (tertiary/aromatic N) is 1. The highest BCUT2D eigenvalue weighted by molar-refractivity contribution is 5.04. The zero-order valence-corrected chi connectivity index (χ0v) is 11.0. The number of rotatable bonds is 5. The lowest BCUT2D eigenvalue weighted by Crippen LogP contribution is -2.44. The third-order valence-corrected chi connectivity index (χ3v) is 3.73. The van der Waals surface area contributed by atoms with E-state index in [-0.39, 0.29) is 0 Å². The number of likely N-dealkylation sites (tertiary alicyclic amines) is 1. The molecule has 2 rings (SSSR count). The smallest absolute Gasteiger partial charge is 0.0947 e. The molecule has 2 atom stereocenters. The van der Waals surface area contributed by atoms with Gasteiger partial charge in [-0.1, -0.05) is 6.92 Å². The van der Waals surface area contributed by atoms with Crippen molar-refractivity contribution in [3.8, 4) is 0 Å². The quantitative estimate of drug-likeness (QED) is 0.796. The first-order valence-corrected chi connectivity index (χ1v) is 6.71. The Morgan fingerprint density at radius 3 is 3.06 bits per heavy atom. The molecule has 0 saturated carbocycles. The van der Waals surface area contributed by atoms with E-state index in [1.54, 1.807) is 12.5 Å². The van der Waals surface area contributed by atoms with Crippen molar-refractivity contribution in [1.82, 2.24) is 10.2 Å². The van der Waals surface area contributed by atoms with Gasteiger partial charge in [0.25, 0.3) is 0 Å². The summed E-state index contributed by atoms with van der Waals surface area (Å²) in [6.07, 6.45) is 6.27. The van der Waals surface area contributed by atoms with E-state index >= 15 is 0 Å². The molecule has 1 aromatic rings. The van der Waals surface area contributed by atoms with Crippen LogP contribution in [0, 0.1) is 5.92 Å². The first-order valence-electron chi connectivity index (χ1n) is 6.71. The first-order chi connectivity index (χ1) is 8.25. The van der Waals surface area contributed by atoms with E-state index in [4.69, 9.17) is 4.42 Å². The molecule has 3 nitrogen and oxygen atoms in total. The van der Waals surface area contributed by atoms with Crippen molar-refractivity contribution in [1.29, 1.82) is 0 Å². The average Bonchev–Trinajstić information content (AvgIpc) is 2.82. The third-order valence-electron chi connectivity index (χ3n) is 3.73. The maximum absolute atomic E-state index is 5.04. The van der Waals surface area contributed by atoms with Crippen LogP contribution < -0.4 is 5.32 Å². The zero-order chi connectivity index (χ0) is 12.1. The molecule has 1 aromatic heterocycles. The van der Waals surface area contributed by atoms with E-state index in [1.165, 1.54) is 24.9 Å². The lowest BCUT2D eigenvalue weighted by atomic mass is 9.95. The first kappa shape index (κ1) is 12.7. The van der Waals surface area contributed by atoms with Gasteiger partial charge >= 0.3 is 0 Å². The normalized spacial score (nSPS) is 26.2. The van der Waals surface area contributed by atoms with Crippen molar-refractivity contribution >= 4 is 0 Å². The molecule has 2 heterocycles. The number of furan rings is 1. The summed E-state index contributed by atoms with van der Waals surface area (Å²) in [7, 11) is 0. The summed E-state index contributed by atoms with van der Waals surface area (Å²) in [6, 6.07) is 2.76. The Labute approximate surface area is 104 Å². The maximum Gasteiger partial charge on any atom is 0.0947 e. The molecular formula is C14H24N2O. The highest BCUT2D eigenvalue weighted by atomic mass is 16.3. The van der Waals surface area contributed by atoms with Crippen LogP contribution in [-0.2, 0) is 6.54 Å². The molecule has 0 spiro atoms. The summed E-state index contributed by atoms with van der Waals surface area (Å²) >= 11 is 0. The molecule has 0 radical (unpaired) electrons. The molecule has 0 aliphatic carbocycles. The Hall–Kier alpha value is -0.800. The van der Waals surface area contributed by atoms with Gasteiger partial charge in [0.05, 0.1) is 12.5 Å². The Morgan fingerprint density at radius 2 is 2.29 bits per heavy atom. The molecule has 3 heteroatoms. The molecular weight excluding hydrogens is 212 g/mol. The predicted octanol–water partition coefficient (Wildman–Crippen LogP) is 2.49. The largest absolute Gasteiger partial charge is 0.472 e. The maximum atomic E-state index is 5.04. The number of hydrogen-bond donors (Lipinski definition) is 1. The lowest BCUT2D eigenvalue weighted by molar-refractivity contribution is 0.126. The fraction of sp³-hybridized carbons (Fsp3) is 0.714. The summed E-state index contributed by atoms with van der Waals surface area (Å²) in [4.78, 5) is 2.61. The summed E-state index contributed by atoms with van der Waals surface area (Å²) < 4.78 is 5.04. The van der Waals surface area contributed by atoms with Gasteiger partial charge in [0.2, 0.25) is 0 Å². The van der Waals surface area contributed by atoms with Crippen LogP contribution in [0.3, 0.4) is 0 Å². The van der Waals surface area contributed by atoms with Gasteiger partial charge < -0.3 is 9.73 Å². The van der Waals surface area contributed by atoms with Gasteiger partial charge in [0.1, 0.15) is 0 Å². The van der Waals surface area contributed by atoms with E-state index in [2.05, 4.69) is 24.1 Å². The highest BCUT2D eigenvalue weighted by Gasteiger charge is 2.21. The van der Waals surface area contributed by atoms with Crippen molar-refractivity contribution in [2.24, 2.45) is 5.92 Å². The summed E-state index contributed by atoms with van der Waals surface area (Å²) in [6.45, 7) is 9.09. The minimum absolute atomic E-state index is 0.752. The second kappa shape index (κ2) is 6.22. The molecule has 1 saturated heterocycles. The monoisotopic (exact) mass is 236 g/mol. The Balaban J connectivity index is 1.64. The minimum atomic E-state index is 0.752. The zero-order valence-electron chi connectivity index (χ0n) is 11.0. The van der Waals surface area contributed by atoms with E-state index < -0.39 is 0 Å². The van der Waals surface area contributed by atoms with Crippen LogP contribution in [0.1, 0.15) is 32.3 Å². The molecule has 1 N–H and O–H groups in total. The topological polar surface area (TPSA) is 28.4 Å². The summed E-state index contributed by atoms with van der Waals surface area (Å²) in [5, 5.41) is 3.47. The number of hydrogen-bond acceptors (Lipinski definition) is 3.